The van der Waals surface area contributed by atoms with E-state index in [1.165, 1.54) is 6.33 Å². The largest absolute Gasteiger partial charge is 0.439 e. The number of alkyl halides is 1. The molecule has 0 unspecified atom stereocenters. The Morgan fingerprint density at radius 3 is 2.84 bits per heavy atom. The highest BCUT2D eigenvalue weighted by atomic mass is 35.5. The summed E-state index contributed by atoms with van der Waals surface area (Å²) in [6, 6.07) is 7.53. The first-order valence-electron chi connectivity index (χ1n) is 5.55. The van der Waals surface area contributed by atoms with Gasteiger partial charge in [0.15, 0.2) is 0 Å². The van der Waals surface area contributed by atoms with Crippen LogP contribution in [0.15, 0.2) is 30.6 Å². The summed E-state index contributed by atoms with van der Waals surface area (Å²) < 4.78 is 10.8. The monoisotopic (exact) mass is 298 g/mol. The highest BCUT2D eigenvalue weighted by Gasteiger charge is 2.11. The van der Waals surface area contributed by atoms with E-state index >= 15 is 0 Å². The predicted molar refractivity (Wildman–Crippen MR) is 73.8 cm³/mol. The molecule has 0 saturated carbocycles. The Balaban J connectivity index is 2.26. The molecule has 0 atom stereocenters. The number of benzene rings is 1. The lowest BCUT2D eigenvalue weighted by atomic mass is 10.2. The molecule has 0 aliphatic carbocycles. The lowest BCUT2D eigenvalue weighted by Gasteiger charge is -2.09. The van der Waals surface area contributed by atoms with Gasteiger partial charge in [0.2, 0.25) is 5.88 Å². The minimum absolute atomic E-state index is 0.187. The number of hydrogen-bond donors (Lipinski definition) is 0. The highest BCUT2D eigenvalue weighted by Crippen LogP contribution is 2.28. The van der Waals surface area contributed by atoms with Crippen LogP contribution in [0.1, 0.15) is 11.1 Å². The SMILES string of the molecule is COCc1cccc(Oc2ncnc(Cl)c2CCl)c1. The minimum atomic E-state index is 0.187. The number of hydrogen-bond acceptors (Lipinski definition) is 4. The van der Waals surface area contributed by atoms with Crippen LogP contribution < -0.4 is 4.74 Å². The molecule has 0 saturated heterocycles. The normalized spacial score (nSPS) is 10.5. The maximum absolute atomic E-state index is 5.94. The van der Waals surface area contributed by atoms with Crippen molar-refractivity contribution >= 4 is 23.2 Å². The van der Waals surface area contributed by atoms with Gasteiger partial charge in [-0.25, -0.2) is 9.97 Å². The van der Waals surface area contributed by atoms with Crippen LogP contribution in [0.5, 0.6) is 11.6 Å². The van der Waals surface area contributed by atoms with E-state index in [4.69, 9.17) is 32.7 Å². The molecule has 1 heterocycles. The van der Waals surface area contributed by atoms with Crippen LogP contribution in [0, 0.1) is 0 Å². The van der Waals surface area contributed by atoms with Crippen molar-refractivity contribution in [1.82, 2.24) is 9.97 Å². The maximum Gasteiger partial charge on any atom is 0.228 e. The van der Waals surface area contributed by atoms with Crippen LogP contribution >= 0.6 is 23.2 Å². The van der Waals surface area contributed by atoms with Gasteiger partial charge in [0.25, 0.3) is 0 Å². The summed E-state index contributed by atoms with van der Waals surface area (Å²) in [5, 5.41) is 0.299. The van der Waals surface area contributed by atoms with E-state index in [1.807, 2.05) is 24.3 Å². The number of rotatable bonds is 5. The first kappa shape index (κ1) is 14.1. The number of methoxy groups -OCH3 is 1. The summed E-state index contributed by atoms with van der Waals surface area (Å²) in [5.74, 6) is 1.20. The van der Waals surface area contributed by atoms with Gasteiger partial charge in [-0.05, 0) is 17.7 Å². The lowest BCUT2D eigenvalue weighted by molar-refractivity contribution is 0.184. The molecule has 0 radical (unpaired) electrons. The van der Waals surface area contributed by atoms with Crippen molar-refractivity contribution in [2.24, 2.45) is 0 Å². The predicted octanol–water partition coefficient (Wildman–Crippen LogP) is 3.81. The zero-order valence-corrected chi connectivity index (χ0v) is 11.8. The summed E-state index contributed by atoms with van der Waals surface area (Å²) in [6.45, 7) is 0.518. The van der Waals surface area contributed by atoms with Crippen molar-refractivity contribution in [2.75, 3.05) is 7.11 Å². The maximum atomic E-state index is 5.94. The molecule has 1 aromatic heterocycles. The summed E-state index contributed by atoms with van der Waals surface area (Å²) >= 11 is 11.8. The molecular weight excluding hydrogens is 287 g/mol. The molecule has 6 heteroatoms. The standard InChI is InChI=1S/C13H12Cl2N2O2/c1-18-7-9-3-2-4-10(5-9)19-13-11(6-14)12(15)16-8-17-13/h2-5,8H,6-7H2,1H3. The Morgan fingerprint density at radius 2 is 2.11 bits per heavy atom. The average molecular weight is 299 g/mol. The Bertz CT molecular complexity index is 564. The van der Waals surface area contributed by atoms with E-state index in [0.29, 0.717) is 29.0 Å². The van der Waals surface area contributed by atoms with Crippen molar-refractivity contribution in [3.63, 3.8) is 0 Å². The van der Waals surface area contributed by atoms with Gasteiger partial charge < -0.3 is 9.47 Å². The Kier molecular flexibility index (Phi) is 4.96. The summed E-state index contributed by atoms with van der Waals surface area (Å²) in [7, 11) is 1.64. The van der Waals surface area contributed by atoms with Crippen LogP contribution in [-0.4, -0.2) is 17.1 Å². The van der Waals surface area contributed by atoms with Gasteiger partial charge >= 0.3 is 0 Å². The quantitative estimate of drug-likeness (QED) is 0.622. The molecule has 0 amide bonds. The van der Waals surface area contributed by atoms with Gasteiger partial charge in [0.05, 0.1) is 18.1 Å². The molecule has 0 aliphatic heterocycles. The van der Waals surface area contributed by atoms with E-state index in [0.717, 1.165) is 5.56 Å². The van der Waals surface area contributed by atoms with Gasteiger partial charge in [-0.15, -0.1) is 11.6 Å². The Hall–Kier alpha value is -1.36. The van der Waals surface area contributed by atoms with Gasteiger partial charge in [-0.2, -0.15) is 0 Å². The van der Waals surface area contributed by atoms with E-state index < -0.39 is 0 Å². The van der Waals surface area contributed by atoms with Crippen LogP contribution in [0.3, 0.4) is 0 Å². The van der Waals surface area contributed by atoms with Crippen molar-refractivity contribution < 1.29 is 9.47 Å². The molecule has 2 aromatic rings. The molecule has 0 N–H and O–H groups in total. The third-order valence-corrected chi connectivity index (χ3v) is 3.00. The highest BCUT2D eigenvalue weighted by molar-refractivity contribution is 6.31. The zero-order valence-electron chi connectivity index (χ0n) is 10.3. The fourth-order valence-corrected chi connectivity index (χ4v) is 2.05. The molecule has 4 nitrogen and oxygen atoms in total. The fourth-order valence-electron chi connectivity index (χ4n) is 1.55. The van der Waals surface area contributed by atoms with Gasteiger partial charge in [0, 0.05) is 7.11 Å². The van der Waals surface area contributed by atoms with Crippen LogP contribution in [0.2, 0.25) is 5.15 Å². The number of halogens is 2. The van der Waals surface area contributed by atoms with Gasteiger partial charge in [-0.1, -0.05) is 23.7 Å². The third-order valence-electron chi connectivity index (χ3n) is 2.41. The van der Waals surface area contributed by atoms with Crippen molar-refractivity contribution in [3.8, 4) is 11.6 Å². The van der Waals surface area contributed by atoms with Crippen molar-refractivity contribution in [3.05, 3.63) is 46.9 Å². The summed E-state index contributed by atoms with van der Waals surface area (Å²) in [6.07, 6.45) is 1.34. The molecule has 19 heavy (non-hydrogen) atoms. The fraction of sp³-hybridized carbons (Fsp3) is 0.231. The summed E-state index contributed by atoms with van der Waals surface area (Å²) in [4.78, 5) is 7.92. The molecule has 0 spiro atoms. The molecule has 100 valence electrons. The molecule has 0 bridgehead atoms. The van der Waals surface area contributed by atoms with E-state index in [2.05, 4.69) is 9.97 Å². The van der Waals surface area contributed by atoms with Gasteiger partial charge in [0.1, 0.15) is 17.2 Å². The molecule has 0 fully saturated rings. The van der Waals surface area contributed by atoms with Crippen molar-refractivity contribution in [1.29, 1.82) is 0 Å². The minimum Gasteiger partial charge on any atom is -0.439 e. The number of nitrogens with zero attached hydrogens (tertiary/aromatic N) is 2. The van der Waals surface area contributed by atoms with Crippen LogP contribution in [-0.2, 0) is 17.2 Å². The second kappa shape index (κ2) is 6.70. The van der Waals surface area contributed by atoms with E-state index in [1.54, 1.807) is 7.11 Å². The third kappa shape index (κ3) is 3.56. The van der Waals surface area contributed by atoms with Crippen LogP contribution in [0.25, 0.3) is 0 Å². The van der Waals surface area contributed by atoms with Crippen LogP contribution in [0.4, 0.5) is 0 Å². The zero-order chi connectivity index (χ0) is 13.7. The molecular formula is C13H12Cl2N2O2. The lowest BCUT2D eigenvalue weighted by Crippen LogP contribution is -1.96. The average Bonchev–Trinajstić information content (AvgIpc) is 2.40. The number of aromatic nitrogens is 2. The topological polar surface area (TPSA) is 44.2 Å². The Labute approximate surface area is 121 Å². The molecule has 1 aromatic carbocycles. The molecule has 0 aliphatic rings. The second-order valence-electron chi connectivity index (χ2n) is 3.76. The molecule has 2 rings (SSSR count). The Morgan fingerprint density at radius 1 is 1.26 bits per heavy atom. The smallest absolute Gasteiger partial charge is 0.228 e. The second-order valence-corrected chi connectivity index (χ2v) is 4.39. The van der Waals surface area contributed by atoms with Crippen molar-refractivity contribution in [2.45, 2.75) is 12.5 Å². The summed E-state index contributed by atoms with van der Waals surface area (Å²) in [5.41, 5.74) is 1.58. The van der Waals surface area contributed by atoms with Gasteiger partial charge in [-0.3, -0.25) is 0 Å². The first-order valence-corrected chi connectivity index (χ1v) is 6.47. The number of ether oxygens (including phenoxy) is 2. The van der Waals surface area contributed by atoms with E-state index in [9.17, 15) is 0 Å². The van der Waals surface area contributed by atoms with E-state index in [-0.39, 0.29) is 5.88 Å². The first-order chi connectivity index (χ1) is 9.24.